The SMILES string of the molecule is CC1(C(=O)O)CCc2cccc(NC(=O)OCc3ccccc3Cl)c2O1. The second kappa shape index (κ2) is 7.25. The van der Waals surface area contributed by atoms with Crippen LogP contribution in [0.5, 0.6) is 5.75 Å². The van der Waals surface area contributed by atoms with Gasteiger partial charge in [-0.05, 0) is 31.0 Å². The minimum atomic E-state index is -1.33. The highest BCUT2D eigenvalue weighted by Gasteiger charge is 2.40. The van der Waals surface area contributed by atoms with E-state index < -0.39 is 17.7 Å². The zero-order valence-corrected chi connectivity index (χ0v) is 14.9. The lowest BCUT2D eigenvalue weighted by Gasteiger charge is -2.33. The quantitative estimate of drug-likeness (QED) is 0.834. The molecule has 0 bridgehead atoms. The monoisotopic (exact) mass is 375 g/mol. The maximum atomic E-state index is 12.1. The molecule has 2 aromatic carbocycles. The molecule has 2 N–H and O–H groups in total. The zero-order valence-electron chi connectivity index (χ0n) is 14.1. The maximum absolute atomic E-state index is 12.1. The number of aliphatic carboxylic acids is 1. The topological polar surface area (TPSA) is 84.9 Å². The van der Waals surface area contributed by atoms with E-state index in [0.717, 1.165) is 5.56 Å². The second-order valence-corrected chi connectivity index (χ2v) is 6.63. The van der Waals surface area contributed by atoms with E-state index in [9.17, 15) is 14.7 Å². The number of carboxylic acids is 1. The van der Waals surface area contributed by atoms with E-state index in [4.69, 9.17) is 21.1 Å². The van der Waals surface area contributed by atoms with Gasteiger partial charge in [0.25, 0.3) is 0 Å². The highest BCUT2D eigenvalue weighted by Crippen LogP contribution is 2.39. The van der Waals surface area contributed by atoms with Crippen molar-refractivity contribution in [2.75, 3.05) is 5.32 Å². The molecule has 2 aromatic rings. The average Bonchev–Trinajstić information content (AvgIpc) is 2.61. The van der Waals surface area contributed by atoms with E-state index in [1.54, 1.807) is 36.4 Å². The van der Waals surface area contributed by atoms with Crippen molar-refractivity contribution in [2.45, 2.75) is 32.0 Å². The first-order valence-electron chi connectivity index (χ1n) is 8.10. The van der Waals surface area contributed by atoms with Gasteiger partial charge in [0.05, 0.1) is 5.69 Å². The van der Waals surface area contributed by atoms with Crippen molar-refractivity contribution in [1.29, 1.82) is 0 Å². The van der Waals surface area contributed by atoms with Gasteiger partial charge in [-0.25, -0.2) is 9.59 Å². The van der Waals surface area contributed by atoms with Gasteiger partial charge in [0.1, 0.15) is 12.4 Å². The van der Waals surface area contributed by atoms with Crippen LogP contribution in [0.25, 0.3) is 0 Å². The Morgan fingerprint density at radius 3 is 2.77 bits per heavy atom. The Bertz CT molecular complexity index is 854. The van der Waals surface area contributed by atoms with Crippen LogP contribution < -0.4 is 10.1 Å². The van der Waals surface area contributed by atoms with Gasteiger partial charge in [-0.15, -0.1) is 0 Å². The number of hydrogen-bond acceptors (Lipinski definition) is 4. The molecule has 1 unspecified atom stereocenters. The first-order valence-corrected chi connectivity index (χ1v) is 8.48. The Morgan fingerprint density at radius 1 is 1.27 bits per heavy atom. The fourth-order valence-electron chi connectivity index (χ4n) is 2.71. The number of halogens is 1. The molecular formula is C19H18ClNO5. The first kappa shape index (κ1) is 18.1. The minimum Gasteiger partial charge on any atom is -0.478 e. The van der Waals surface area contributed by atoms with E-state index in [1.165, 1.54) is 6.92 Å². The van der Waals surface area contributed by atoms with Gasteiger partial charge in [0.2, 0.25) is 5.60 Å². The molecule has 1 aliphatic heterocycles. The van der Waals surface area contributed by atoms with E-state index in [-0.39, 0.29) is 6.61 Å². The molecule has 0 aliphatic carbocycles. The summed E-state index contributed by atoms with van der Waals surface area (Å²) >= 11 is 6.04. The number of hydrogen-bond donors (Lipinski definition) is 2. The number of amides is 1. The molecule has 0 saturated carbocycles. The first-order chi connectivity index (χ1) is 12.4. The molecule has 7 heteroatoms. The summed E-state index contributed by atoms with van der Waals surface area (Å²) in [5.41, 5.74) is 0.576. The molecule has 0 aromatic heterocycles. The van der Waals surface area contributed by atoms with Crippen LogP contribution in [0, 0.1) is 0 Å². The third kappa shape index (κ3) is 3.75. The zero-order chi connectivity index (χ0) is 18.7. The number of rotatable bonds is 4. The second-order valence-electron chi connectivity index (χ2n) is 6.22. The van der Waals surface area contributed by atoms with E-state index in [0.29, 0.717) is 34.9 Å². The van der Waals surface area contributed by atoms with Crippen LogP contribution in [0.15, 0.2) is 42.5 Å². The number of fused-ring (bicyclic) bond motifs is 1. The average molecular weight is 376 g/mol. The molecule has 0 saturated heterocycles. The number of carbonyl (C=O) groups excluding carboxylic acids is 1. The molecule has 136 valence electrons. The van der Waals surface area contributed by atoms with Crippen molar-refractivity contribution in [3.8, 4) is 5.75 Å². The predicted octanol–water partition coefficient (Wildman–Crippen LogP) is 4.26. The maximum Gasteiger partial charge on any atom is 0.412 e. The molecular weight excluding hydrogens is 358 g/mol. The predicted molar refractivity (Wildman–Crippen MR) is 96.7 cm³/mol. The third-order valence-electron chi connectivity index (χ3n) is 4.30. The van der Waals surface area contributed by atoms with Crippen molar-refractivity contribution in [1.82, 2.24) is 0 Å². The van der Waals surface area contributed by atoms with Crippen LogP contribution in [0.3, 0.4) is 0 Å². The number of carbonyl (C=O) groups is 2. The highest BCUT2D eigenvalue weighted by molar-refractivity contribution is 6.31. The summed E-state index contributed by atoms with van der Waals surface area (Å²) in [5, 5.41) is 12.5. The molecule has 1 amide bonds. The van der Waals surface area contributed by atoms with Gasteiger partial charge in [-0.3, -0.25) is 5.32 Å². The third-order valence-corrected chi connectivity index (χ3v) is 4.67. The Labute approximate surface area is 155 Å². The normalized spacial score (nSPS) is 18.4. The molecule has 26 heavy (non-hydrogen) atoms. The van der Waals surface area contributed by atoms with Crippen LogP contribution in [0.1, 0.15) is 24.5 Å². The summed E-state index contributed by atoms with van der Waals surface area (Å²) < 4.78 is 10.9. The lowest BCUT2D eigenvalue weighted by Crippen LogP contribution is -2.44. The van der Waals surface area contributed by atoms with Gasteiger partial charge in [0.15, 0.2) is 0 Å². The molecule has 0 fully saturated rings. The van der Waals surface area contributed by atoms with Crippen molar-refractivity contribution in [2.24, 2.45) is 0 Å². The summed E-state index contributed by atoms with van der Waals surface area (Å²) in [4.78, 5) is 23.6. The Hall–Kier alpha value is -2.73. The molecule has 1 aliphatic rings. The Balaban J connectivity index is 1.72. The van der Waals surface area contributed by atoms with Crippen LogP contribution >= 0.6 is 11.6 Å². The van der Waals surface area contributed by atoms with Crippen LogP contribution in [-0.4, -0.2) is 22.8 Å². The Kier molecular flexibility index (Phi) is 5.04. The van der Waals surface area contributed by atoms with Crippen molar-refractivity contribution < 1.29 is 24.2 Å². The van der Waals surface area contributed by atoms with Crippen molar-refractivity contribution in [3.63, 3.8) is 0 Å². The summed E-state index contributed by atoms with van der Waals surface area (Å²) in [7, 11) is 0. The number of anilines is 1. The smallest absolute Gasteiger partial charge is 0.412 e. The lowest BCUT2D eigenvalue weighted by molar-refractivity contribution is -0.155. The summed E-state index contributed by atoms with van der Waals surface area (Å²) in [6.07, 6.45) is 0.224. The fourth-order valence-corrected chi connectivity index (χ4v) is 2.90. The number of benzene rings is 2. The van der Waals surface area contributed by atoms with Gasteiger partial charge in [0, 0.05) is 17.0 Å². The molecule has 1 heterocycles. The molecule has 1 atom stereocenters. The number of para-hydroxylation sites is 1. The van der Waals surface area contributed by atoms with E-state index in [2.05, 4.69) is 5.32 Å². The van der Waals surface area contributed by atoms with Gasteiger partial charge in [-0.2, -0.15) is 0 Å². The summed E-state index contributed by atoms with van der Waals surface area (Å²) in [6.45, 7) is 1.54. The highest BCUT2D eigenvalue weighted by atomic mass is 35.5. The van der Waals surface area contributed by atoms with Crippen LogP contribution in [0.2, 0.25) is 5.02 Å². The Morgan fingerprint density at radius 2 is 2.04 bits per heavy atom. The molecule has 3 rings (SSSR count). The van der Waals surface area contributed by atoms with Crippen LogP contribution in [-0.2, 0) is 22.6 Å². The number of nitrogens with one attached hydrogen (secondary N) is 1. The number of ether oxygens (including phenoxy) is 2. The lowest BCUT2D eigenvalue weighted by atomic mass is 9.92. The van der Waals surface area contributed by atoms with Crippen molar-refractivity contribution in [3.05, 3.63) is 58.6 Å². The molecule has 6 nitrogen and oxygen atoms in total. The number of aryl methyl sites for hydroxylation is 1. The molecule has 0 spiro atoms. The van der Waals surface area contributed by atoms with Crippen LogP contribution in [0.4, 0.5) is 10.5 Å². The van der Waals surface area contributed by atoms with Gasteiger partial charge < -0.3 is 14.6 Å². The summed E-state index contributed by atoms with van der Waals surface area (Å²) in [5.74, 6) is -0.683. The standard InChI is InChI=1S/C19H18ClNO5/c1-19(17(22)23)10-9-12-6-4-8-15(16(12)26-19)21-18(24)25-11-13-5-2-3-7-14(13)20/h2-8H,9-11H2,1H3,(H,21,24)(H,22,23). The summed E-state index contributed by atoms with van der Waals surface area (Å²) in [6, 6.07) is 12.3. The van der Waals surface area contributed by atoms with E-state index in [1.807, 2.05) is 6.07 Å². The van der Waals surface area contributed by atoms with Gasteiger partial charge in [-0.1, -0.05) is 41.9 Å². The molecule has 0 radical (unpaired) electrons. The van der Waals surface area contributed by atoms with Crippen molar-refractivity contribution >= 4 is 29.4 Å². The fraction of sp³-hybridized carbons (Fsp3) is 0.263. The largest absolute Gasteiger partial charge is 0.478 e. The minimum absolute atomic E-state index is 0.0221. The van der Waals surface area contributed by atoms with E-state index >= 15 is 0 Å². The number of carboxylic acid groups (broad SMARTS) is 1. The van der Waals surface area contributed by atoms with Gasteiger partial charge >= 0.3 is 12.1 Å².